The van der Waals surface area contributed by atoms with Crippen LogP contribution in [0.4, 0.5) is 17.2 Å². The molecule has 1 aliphatic rings. The fourth-order valence-corrected chi connectivity index (χ4v) is 6.08. The molecule has 0 N–H and O–H groups in total. The number of aromatic nitrogens is 1. The molecule has 1 heterocycles. The molecule has 0 amide bonds. The normalized spacial score (nSPS) is 11.2. The summed E-state index contributed by atoms with van der Waals surface area (Å²) in [4.78, 5) is 6.90. The van der Waals surface area contributed by atoms with Gasteiger partial charge in [0.15, 0.2) is 0 Å². The van der Waals surface area contributed by atoms with Crippen molar-refractivity contribution in [2.24, 2.45) is 0 Å². The quantitative estimate of drug-likeness (QED) is 0.227. The average molecular weight is 527 g/mol. The fourth-order valence-electron chi connectivity index (χ4n) is 6.08. The van der Waals surface area contributed by atoms with Crippen LogP contribution >= 0.6 is 0 Å². The molecule has 6 aromatic carbocycles. The van der Waals surface area contributed by atoms with Crippen LogP contribution in [-0.4, -0.2) is 4.98 Å². The van der Waals surface area contributed by atoms with Crippen LogP contribution < -0.4 is 4.90 Å². The Hall–Kier alpha value is -5.21. The van der Waals surface area contributed by atoms with Crippen LogP contribution in [0.2, 0.25) is 0 Å². The first kappa shape index (κ1) is 24.8. The zero-order valence-corrected chi connectivity index (χ0v) is 23.3. The summed E-state index contributed by atoms with van der Waals surface area (Å²) in [6, 6.07) is 50.0. The number of pyridine rings is 1. The second-order valence-corrected chi connectivity index (χ2v) is 10.0. The molecule has 0 radical (unpaired) electrons. The summed E-state index contributed by atoms with van der Waals surface area (Å²) in [7, 11) is 0. The van der Waals surface area contributed by atoms with Gasteiger partial charge in [0.05, 0.1) is 0 Å². The van der Waals surface area contributed by atoms with Gasteiger partial charge >= 0.3 is 0 Å². The van der Waals surface area contributed by atoms with Crippen molar-refractivity contribution in [2.45, 2.75) is 13.8 Å². The van der Waals surface area contributed by atoms with Crippen LogP contribution in [0.1, 0.15) is 13.8 Å². The first-order valence-corrected chi connectivity index (χ1v) is 14.3. The van der Waals surface area contributed by atoms with Gasteiger partial charge in [-0.3, -0.25) is 4.90 Å². The van der Waals surface area contributed by atoms with Crippen molar-refractivity contribution in [1.29, 1.82) is 0 Å². The molecule has 2 nitrogen and oxygen atoms in total. The SMILES string of the molecule is CC.c1ccc(N(c2cccc(-c3ccc4c5c(cccc35)-c3cc5ccccc5cc3-4)c2)c2ccccn2)cc1. The van der Waals surface area contributed by atoms with Crippen LogP contribution in [0, 0.1) is 0 Å². The molecule has 0 unspecified atom stereocenters. The lowest BCUT2D eigenvalue weighted by atomic mass is 9.94. The first-order valence-electron chi connectivity index (χ1n) is 14.3. The minimum Gasteiger partial charge on any atom is -0.295 e. The molecule has 1 aliphatic carbocycles. The lowest BCUT2D eigenvalue weighted by molar-refractivity contribution is 1.18. The van der Waals surface area contributed by atoms with E-state index in [9.17, 15) is 0 Å². The van der Waals surface area contributed by atoms with Gasteiger partial charge in [-0.1, -0.05) is 105 Å². The monoisotopic (exact) mass is 526 g/mol. The Kier molecular flexibility index (Phi) is 6.29. The van der Waals surface area contributed by atoms with Crippen molar-refractivity contribution in [1.82, 2.24) is 4.98 Å². The number of hydrogen-bond donors (Lipinski definition) is 0. The summed E-state index contributed by atoms with van der Waals surface area (Å²) < 4.78 is 0. The van der Waals surface area contributed by atoms with Gasteiger partial charge < -0.3 is 0 Å². The van der Waals surface area contributed by atoms with Gasteiger partial charge in [-0.2, -0.15) is 0 Å². The highest BCUT2D eigenvalue weighted by Crippen LogP contribution is 2.50. The van der Waals surface area contributed by atoms with E-state index in [2.05, 4.69) is 131 Å². The van der Waals surface area contributed by atoms with Gasteiger partial charge in [0, 0.05) is 17.6 Å². The van der Waals surface area contributed by atoms with Crippen LogP contribution in [0.5, 0.6) is 0 Å². The van der Waals surface area contributed by atoms with E-state index >= 15 is 0 Å². The molecule has 7 aromatic rings. The van der Waals surface area contributed by atoms with Crippen molar-refractivity contribution in [3.8, 4) is 33.4 Å². The average Bonchev–Trinajstić information content (AvgIpc) is 3.36. The number of rotatable bonds is 4. The van der Waals surface area contributed by atoms with E-state index in [1.165, 1.54) is 54.9 Å². The van der Waals surface area contributed by atoms with Gasteiger partial charge in [-0.05, 0) is 103 Å². The molecule has 0 aliphatic heterocycles. The Labute approximate surface area is 241 Å². The second-order valence-electron chi connectivity index (χ2n) is 10.0. The minimum atomic E-state index is 0.892. The Morgan fingerprint density at radius 2 is 1.10 bits per heavy atom. The van der Waals surface area contributed by atoms with E-state index in [4.69, 9.17) is 0 Å². The Morgan fingerprint density at radius 3 is 1.83 bits per heavy atom. The molecule has 41 heavy (non-hydrogen) atoms. The molecule has 0 saturated carbocycles. The molecule has 0 spiro atoms. The van der Waals surface area contributed by atoms with Gasteiger partial charge in [-0.15, -0.1) is 0 Å². The van der Waals surface area contributed by atoms with Crippen molar-refractivity contribution >= 4 is 38.7 Å². The van der Waals surface area contributed by atoms with Gasteiger partial charge in [0.2, 0.25) is 0 Å². The van der Waals surface area contributed by atoms with Crippen LogP contribution in [0.3, 0.4) is 0 Å². The van der Waals surface area contributed by atoms with Crippen LogP contribution in [-0.2, 0) is 0 Å². The Morgan fingerprint density at radius 1 is 0.463 bits per heavy atom. The summed E-state index contributed by atoms with van der Waals surface area (Å²) in [6.07, 6.45) is 1.85. The van der Waals surface area contributed by atoms with E-state index < -0.39 is 0 Å². The molecule has 0 bridgehead atoms. The Balaban J connectivity index is 0.00000135. The molecule has 1 aromatic heterocycles. The third-order valence-corrected chi connectivity index (χ3v) is 7.81. The molecule has 2 heteroatoms. The summed E-state index contributed by atoms with van der Waals surface area (Å²) in [5.74, 6) is 0.892. The minimum absolute atomic E-state index is 0.892. The maximum absolute atomic E-state index is 4.69. The van der Waals surface area contributed by atoms with E-state index in [-0.39, 0.29) is 0 Å². The number of nitrogens with zero attached hydrogens (tertiary/aromatic N) is 2. The standard InChI is InChI=1S/C37H24N2.C2H6/c1-2-13-28(14-3-1)39(36-18-6-7-21-38-36)29-15-8-12-27(22-29)30-19-20-33-35-24-26-11-5-4-10-25(26)23-34(35)32-17-9-16-31(30)37(32)33;1-2/h1-24H;1-2H3. The number of fused-ring (bicyclic) bond motifs is 4. The highest BCUT2D eigenvalue weighted by atomic mass is 15.2. The van der Waals surface area contributed by atoms with Crippen molar-refractivity contribution < 1.29 is 0 Å². The van der Waals surface area contributed by atoms with Crippen molar-refractivity contribution in [3.63, 3.8) is 0 Å². The lowest BCUT2D eigenvalue weighted by Gasteiger charge is -2.24. The largest absolute Gasteiger partial charge is 0.295 e. The van der Waals surface area contributed by atoms with E-state index in [0.29, 0.717) is 0 Å². The summed E-state index contributed by atoms with van der Waals surface area (Å²) >= 11 is 0. The molecule has 0 atom stereocenters. The summed E-state index contributed by atoms with van der Waals surface area (Å²) in [5.41, 5.74) is 9.88. The van der Waals surface area contributed by atoms with Crippen molar-refractivity contribution in [3.05, 3.63) is 146 Å². The predicted octanol–water partition coefficient (Wildman–Crippen LogP) is 11.2. The van der Waals surface area contributed by atoms with Gasteiger partial charge in [0.1, 0.15) is 5.82 Å². The highest BCUT2D eigenvalue weighted by Gasteiger charge is 2.23. The lowest BCUT2D eigenvalue weighted by Crippen LogP contribution is -2.11. The van der Waals surface area contributed by atoms with Crippen LogP contribution in [0.15, 0.2) is 146 Å². The van der Waals surface area contributed by atoms with Crippen LogP contribution in [0.25, 0.3) is 54.9 Å². The zero-order valence-electron chi connectivity index (χ0n) is 23.3. The maximum atomic E-state index is 4.69. The van der Waals surface area contributed by atoms with E-state index in [0.717, 1.165) is 17.2 Å². The molecular weight excluding hydrogens is 496 g/mol. The number of benzene rings is 6. The molecule has 196 valence electrons. The second kappa shape index (κ2) is 10.4. The third kappa shape index (κ3) is 4.16. The molecule has 0 fully saturated rings. The molecule has 8 rings (SSSR count). The first-order chi connectivity index (χ1) is 20.3. The predicted molar refractivity (Wildman–Crippen MR) is 175 cm³/mol. The van der Waals surface area contributed by atoms with E-state index in [1.54, 1.807) is 0 Å². The molecular formula is C39H30N2. The third-order valence-electron chi connectivity index (χ3n) is 7.81. The smallest absolute Gasteiger partial charge is 0.137 e. The number of anilines is 3. The number of hydrogen-bond acceptors (Lipinski definition) is 2. The van der Waals surface area contributed by atoms with Crippen molar-refractivity contribution in [2.75, 3.05) is 4.90 Å². The fraction of sp³-hybridized carbons (Fsp3) is 0.0513. The highest BCUT2D eigenvalue weighted by molar-refractivity contribution is 6.20. The molecule has 0 saturated heterocycles. The zero-order chi connectivity index (χ0) is 27.8. The maximum Gasteiger partial charge on any atom is 0.137 e. The van der Waals surface area contributed by atoms with Gasteiger partial charge in [-0.25, -0.2) is 4.98 Å². The number of para-hydroxylation sites is 1. The van der Waals surface area contributed by atoms with E-state index in [1.807, 2.05) is 38.2 Å². The van der Waals surface area contributed by atoms with Gasteiger partial charge in [0.25, 0.3) is 0 Å². The Bertz CT molecular complexity index is 1920. The summed E-state index contributed by atoms with van der Waals surface area (Å²) in [5, 5.41) is 5.19. The summed E-state index contributed by atoms with van der Waals surface area (Å²) in [6.45, 7) is 4.00. The topological polar surface area (TPSA) is 16.1 Å².